The second kappa shape index (κ2) is 8.29. The molecule has 0 fully saturated rings. The van der Waals surface area contributed by atoms with Gasteiger partial charge >= 0.3 is 0 Å². The summed E-state index contributed by atoms with van der Waals surface area (Å²) >= 11 is 1.41. The second-order valence-corrected chi connectivity index (χ2v) is 9.23. The van der Waals surface area contributed by atoms with Crippen LogP contribution >= 0.6 is 11.8 Å². The molecule has 0 saturated heterocycles. The van der Waals surface area contributed by atoms with E-state index in [2.05, 4.69) is 4.72 Å². The molecule has 3 aromatic rings. The molecule has 0 radical (unpaired) electrons. The van der Waals surface area contributed by atoms with Gasteiger partial charge in [-0.3, -0.25) is 4.72 Å². The summed E-state index contributed by atoms with van der Waals surface area (Å²) in [7, 11) is 0.127. The predicted octanol–water partition coefficient (Wildman–Crippen LogP) is 4.43. The first kappa shape index (κ1) is 19.7. The molecule has 0 aliphatic heterocycles. The number of thioether (sulfide) groups is 1. The Morgan fingerprint density at radius 3 is 2.44 bits per heavy atom. The zero-order valence-electron chi connectivity index (χ0n) is 15.1. The normalized spacial score (nSPS) is 11.9. The summed E-state index contributed by atoms with van der Waals surface area (Å²) in [6.07, 6.45) is 0. The van der Waals surface area contributed by atoms with Crippen LogP contribution in [0.4, 0.5) is 10.1 Å². The number of benzene rings is 3. The van der Waals surface area contributed by atoms with Gasteiger partial charge in [-0.05, 0) is 55.2 Å². The molecule has 7 heteroatoms. The summed E-state index contributed by atoms with van der Waals surface area (Å²) in [6, 6.07) is 16.9. The first-order chi connectivity index (χ1) is 12.8. The zero-order chi connectivity index (χ0) is 19.4. The van der Waals surface area contributed by atoms with Crippen LogP contribution in [0, 0.1) is 5.82 Å². The van der Waals surface area contributed by atoms with Crippen molar-refractivity contribution in [1.82, 2.24) is 4.90 Å². The molecule has 0 spiro atoms. The fourth-order valence-corrected chi connectivity index (χ4v) is 4.69. The zero-order valence-corrected chi connectivity index (χ0v) is 16.8. The molecule has 3 aromatic carbocycles. The van der Waals surface area contributed by atoms with Crippen LogP contribution in [0.1, 0.15) is 0 Å². The Bertz CT molecular complexity index is 1050. The highest BCUT2D eigenvalue weighted by atomic mass is 32.2. The number of rotatable bonds is 7. The van der Waals surface area contributed by atoms with E-state index in [0.717, 1.165) is 23.1 Å². The van der Waals surface area contributed by atoms with Gasteiger partial charge in [-0.15, -0.1) is 11.8 Å². The van der Waals surface area contributed by atoms with E-state index in [4.69, 9.17) is 0 Å². The molecule has 0 amide bonds. The standard InChI is InChI=1S/C20H21FN2O2S2/c1-23(2)11-12-26-20-10-8-17(14-19(20)21)22-27(24,25)18-9-7-15-5-3-4-6-16(15)13-18/h3-10,13-14,22H,11-12H2,1-2H3. The van der Waals surface area contributed by atoms with Crippen molar-refractivity contribution in [3.05, 3.63) is 66.5 Å². The van der Waals surface area contributed by atoms with Crippen molar-refractivity contribution in [2.24, 2.45) is 0 Å². The smallest absolute Gasteiger partial charge is 0.261 e. The number of anilines is 1. The fourth-order valence-electron chi connectivity index (χ4n) is 2.57. The number of hydrogen-bond donors (Lipinski definition) is 1. The Hall–Kier alpha value is -2.09. The highest BCUT2D eigenvalue weighted by Gasteiger charge is 2.16. The van der Waals surface area contributed by atoms with Gasteiger partial charge in [0, 0.05) is 17.2 Å². The lowest BCUT2D eigenvalue weighted by atomic mass is 10.1. The van der Waals surface area contributed by atoms with Gasteiger partial charge in [-0.25, -0.2) is 12.8 Å². The first-order valence-electron chi connectivity index (χ1n) is 8.44. The highest BCUT2D eigenvalue weighted by Crippen LogP contribution is 2.26. The van der Waals surface area contributed by atoms with E-state index in [0.29, 0.717) is 4.90 Å². The van der Waals surface area contributed by atoms with Crippen molar-refractivity contribution < 1.29 is 12.8 Å². The molecule has 3 rings (SSSR count). The average molecular weight is 405 g/mol. The molecular formula is C20H21FN2O2S2. The SMILES string of the molecule is CN(C)CCSc1ccc(NS(=O)(=O)c2ccc3ccccc3c2)cc1F. The molecule has 0 atom stereocenters. The van der Waals surface area contributed by atoms with Gasteiger partial charge in [-0.2, -0.15) is 0 Å². The number of halogens is 1. The third-order valence-electron chi connectivity index (χ3n) is 4.01. The topological polar surface area (TPSA) is 49.4 Å². The summed E-state index contributed by atoms with van der Waals surface area (Å²) in [4.78, 5) is 2.67. The Balaban J connectivity index is 1.77. The van der Waals surface area contributed by atoms with E-state index in [1.807, 2.05) is 43.3 Å². The molecule has 142 valence electrons. The Morgan fingerprint density at radius 1 is 1.00 bits per heavy atom. The molecule has 0 heterocycles. The Labute approximate surface area is 163 Å². The van der Waals surface area contributed by atoms with Gasteiger partial charge in [0.25, 0.3) is 10.0 Å². The van der Waals surface area contributed by atoms with Gasteiger partial charge in [0.15, 0.2) is 0 Å². The molecule has 0 saturated carbocycles. The summed E-state index contributed by atoms with van der Waals surface area (Å²) in [5, 5.41) is 1.79. The van der Waals surface area contributed by atoms with E-state index >= 15 is 0 Å². The van der Waals surface area contributed by atoms with Crippen LogP contribution in [-0.4, -0.2) is 39.7 Å². The Morgan fingerprint density at radius 2 is 1.74 bits per heavy atom. The summed E-state index contributed by atoms with van der Waals surface area (Å²) in [5.41, 5.74) is 0.206. The molecule has 0 bridgehead atoms. The van der Waals surface area contributed by atoms with Crippen LogP contribution in [0.3, 0.4) is 0 Å². The highest BCUT2D eigenvalue weighted by molar-refractivity contribution is 7.99. The fraction of sp³-hybridized carbons (Fsp3) is 0.200. The van der Waals surface area contributed by atoms with E-state index in [-0.39, 0.29) is 10.6 Å². The van der Waals surface area contributed by atoms with Crippen molar-refractivity contribution in [2.45, 2.75) is 9.79 Å². The summed E-state index contributed by atoms with van der Waals surface area (Å²) < 4.78 is 42.0. The van der Waals surface area contributed by atoms with Gasteiger partial charge in [0.1, 0.15) is 5.82 Å². The van der Waals surface area contributed by atoms with Gasteiger partial charge < -0.3 is 4.90 Å². The monoisotopic (exact) mass is 404 g/mol. The van der Waals surface area contributed by atoms with Crippen LogP contribution in [-0.2, 0) is 10.0 Å². The number of sulfonamides is 1. The third kappa shape index (κ3) is 5.00. The molecule has 0 aliphatic rings. The minimum Gasteiger partial charge on any atom is -0.309 e. The largest absolute Gasteiger partial charge is 0.309 e. The number of hydrogen-bond acceptors (Lipinski definition) is 4. The van der Waals surface area contributed by atoms with E-state index in [9.17, 15) is 12.8 Å². The number of fused-ring (bicyclic) bond motifs is 1. The average Bonchev–Trinajstić information content (AvgIpc) is 2.62. The lowest BCUT2D eigenvalue weighted by molar-refractivity contribution is 0.437. The van der Waals surface area contributed by atoms with Crippen molar-refractivity contribution in [3.63, 3.8) is 0 Å². The molecule has 1 N–H and O–H groups in total. The van der Waals surface area contributed by atoms with Crippen molar-refractivity contribution in [3.8, 4) is 0 Å². The maximum atomic E-state index is 14.3. The molecule has 0 unspecified atom stereocenters. The third-order valence-corrected chi connectivity index (χ3v) is 6.42. The number of nitrogens with one attached hydrogen (secondary N) is 1. The van der Waals surface area contributed by atoms with Crippen molar-refractivity contribution in [2.75, 3.05) is 31.1 Å². The van der Waals surface area contributed by atoms with E-state index < -0.39 is 15.8 Å². The van der Waals surface area contributed by atoms with Crippen LogP contribution in [0.5, 0.6) is 0 Å². The minimum atomic E-state index is -3.79. The van der Waals surface area contributed by atoms with E-state index in [1.165, 1.54) is 17.8 Å². The minimum absolute atomic E-state index is 0.144. The summed E-state index contributed by atoms with van der Waals surface area (Å²) in [6.45, 7) is 0.834. The molecular weight excluding hydrogens is 383 g/mol. The molecule has 0 aromatic heterocycles. The van der Waals surface area contributed by atoms with Crippen LogP contribution in [0.2, 0.25) is 0 Å². The van der Waals surface area contributed by atoms with Gasteiger partial charge in [0.2, 0.25) is 0 Å². The van der Waals surface area contributed by atoms with Crippen LogP contribution < -0.4 is 4.72 Å². The van der Waals surface area contributed by atoms with Crippen LogP contribution in [0.25, 0.3) is 10.8 Å². The molecule has 4 nitrogen and oxygen atoms in total. The lowest BCUT2D eigenvalue weighted by Gasteiger charge is -2.11. The van der Waals surface area contributed by atoms with Gasteiger partial charge in [0.05, 0.1) is 10.6 Å². The summed E-state index contributed by atoms with van der Waals surface area (Å²) in [5.74, 6) is 0.323. The molecule has 0 aliphatic carbocycles. The molecule has 27 heavy (non-hydrogen) atoms. The maximum absolute atomic E-state index is 14.3. The van der Waals surface area contributed by atoms with E-state index in [1.54, 1.807) is 30.3 Å². The van der Waals surface area contributed by atoms with Gasteiger partial charge in [-0.1, -0.05) is 30.3 Å². The Kier molecular flexibility index (Phi) is 6.04. The second-order valence-electron chi connectivity index (χ2n) is 6.41. The van der Waals surface area contributed by atoms with Crippen molar-refractivity contribution in [1.29, 1.82) is 0 Å². The first-order valence-corrected chi connectivity index (χ1v) is 10.9. The van der Waals surface area contributed by atoms with Crippen LogP contribution in [0.15, 0.2) is 70.5 Å². The number of nitrogens with zero attached hydrogens (tertiary/aromatic N) is 1. The lowest BCUT2D eigenvalue weighted by Crippen LogP contribution is -2.15. The maximum Gasteiger partial charge on any atom is 0.261 e. The predicted molar refractivity (Wildman–Crippen MR) is 110 cm³/mol. The van der Waals surface area contributed by atoms with Crippen molar-refractivity contribution >= 4 is 38.2 Å². The quantitative estimate of drug-likeness (QED) is 0.592.